The number of carbonyl (C=O) groups is 1. The van der Waals surface area contributed by atoms with Crippen LogP contribution in [0, 0.1) is 5.92 Å². The molecule has 124 valence electrons. The molecule has 0 bridgehead atoms. The van der Waals surface area contributed by atoms with Gasteiger partial charge in [0, 0.05) is 29.0 Å². The second kappa shape index (κ2) is 6.37. The van der Waals surface area contributed by atoms with Gasteiger partial charge in [-0.2, -0.15) is 0 Å². The monoisotopic (exact) mass is 341 g/mol. The minimum atomic E-state index is -0.426. The molecule has 3 aromatic rings. The first kappa shape index (κ1) is 15.4. The molecule has 1 fully saturated rings. The van der Waals surface area contributed by atoms with Crippen molar-refractivity contribution >= 4 is 27.9 Å². The standard InChI is InChI=1S/C18H19N3O2S/c1-12(23-11-13-2-3-13)17(22)19-15-6-4-14(5-7-15)16-10-21-8-9-24-18(21)20-16/h4-10,12-13H,2-3,11H2,1H3,(H,19,22)/t12-/m1/s1. The van der Waals surface area contributed by atoms with Crippen LogP contribution in [0.4, 0.5) is 5.69 Å². The number of ether oxygens (including phenoxy) is 1. The molecule has 1 N–H and O–H groups in total. The van der Waals surface area contributed by atoms with Crippen molar-refractivity contribution in [2.24, 2.45) is 5.92 Å². The summed E-state index contributed by atoms with van der Waals surface area (Å²) in [6, 6.07) is 7.73. The summed E-state index contributed by atoms with van der Waals surface area (Å²) in [4.78, 5) is 17.7. The molecule has 1 aliphatic carbocycles. The van der Waals surface area contributed by atoms with Gasteiger partial charge in [0.1, 0.15) is 6.10 Å². The normalized spacial score (nSPS) is 15.5. The number of aromatic nitrogens is 2. The largest absolute Gasteiger partial charge is 0.368 e. The van der Waals surface area contributed by atoms with Gasteiger partial charge in [-0.3, -0.25) is 9.20 Å². The molecule has 6 heteroatoms. The molecule has 1 aliphatic rings. The summed E-state index contributed by atoms with van der Waals surface area (Å²) in [5, 5.41) is 4.91. The average Bonchev–Trinajstić information content (AvgIpc) is 3.17. The Hall–Kier alpha value is -2.18. The molecule has 5 nitrogen and oxygen atoms in total. The number of hydrogen-bond donors (Lipinski definition) is 1. The van der Waals surface area contributed by atoms with Crippen LogP contribution in [0.2, 0.25) is 0 Å². The van der Waals surface area contributed by atoms with Crippen molar-refractivity contribution < 1.29 is 9.53 Å². The van der Waals surface area contributed by atoms with Crippen molar-refractivity contribution in [3.05, 3.63) is 42.0 Å². The SMILES string of the molecule is C[C@@H](OCC1CC1)C(=O)Nc1ccc(-c2cn3ccsc3n2)cc1. The third-order valence-corrected chi connectivity index (χ3v) is 4.96. The summed E-state index contributed by atoms with van der Waals surface area (Å²) in [5.41, 5.74) is 2.73. The highest BCUT2D eigenvalue weighted by Crippen LogP contribution is 2.29. The van der Waals surface area contributed by atoms with Crippen LogP contribution < -0.4 is 5.32 Å². The molecule has 0 spiro atoms. The van der Waals surface area contributed by atoms with Gasteiger partial charge in [0.05, 0.1) is 12.3 Å². The predicted octanol–water partition coefficient (Wildman–Crippen LogP) is 3.82. The van der Waals surface area contributed by atoms with E-state index >= 15 is 0 Å². The Bertz CT molecular complexity index is 820. The van der Waals surface area contributed by atoms with Gasteiger partial charge in [-0.05, 0) is 37.8 Å². The second-order valence-electron chi connectivity index (χ2n) is 6.20. The molecule has 1 amide bonds. The zero-order valence-corrected chi connectivity index (χ0v) is 14.3. The van der Waals surface area contributed by atoms with Crippen molar-refractivity contribution in [3.63, 3.8) is 0 Å². The lowest BCUT2D eigenvalue weighted by molar-refractivity contribution is -0.126. The second-order valence-corrected chi connectivity index (χ2v) is 7.08. The maximum absolute atomic E-state index is 12.1. The Morgan fingerprint density at radius 3 is 2.92 bits per heavy atom. The van der Waals surface area contributed by atoms with Crippen LogP contribution in [0.15, 0.2) is 42.0 Å². The summed E-state index contributed by atoms with van der Waals surface area (Å²) in [6.45, 7) is 2.48. The highest BCUT2D eigenvalue weighted by molar-refractivity contribution is 7.15. The number of benzene rings is 1. The summed E-state index contributed by atoms with van der Waals surface area (Å²) in [5.74, 6) is 0.551. The number of imidazole rings is 1. The van der Waals surface area contributed by atoms with Crippen LogP contribution in [0.5, 0.6) is 0 Å². The maximum Gasteiger partial charge on any atom is 0.253 e. The van der Waals surface area contributed by atoms with E-state index in [9.17, 15) is 4.79 Å². The molecule has 24 heavy (non-hydrogen) atoms. The highest BCUT2D eigenvalue weighted by atomic mass is 32.1. The van der Waals surface area contributed by atoms with Crippen LogP contribution in [-0.2, 0) is 9.53 Å². The Labute approximate surface area is 144 Å². The third-order valence-electron chi connectivity index (χ3n) is 4.19. The first-order valence-corrected chi connectivity index (χ1v) is 9.02. The summed E-state index contributed by atoms with van der Waals surface area (Å²) >= 11 is 1.61. The number of anilines is 1. The lowest BCUT2D eigenvalue weighted by Gasteiger charge is -2.13. The molecule has 1 aromatic carbocycles. The van der Waals surface area contributed by atoms with Gasteiger partial charge in [-0.15, -0.1) is 11.3 Å². The van der Waals surface area contributed by atoms with Crippen molar-refractivity contribution in [2.75, 3.05) is 11.9 Å². The number of thiazole rings is 1. The van der Waals surface area contributed by atoms with Crippen molar-refractivity contribution in [3.8, 4) is 11.3 Å². The molecule has 2 heterocycles. The number of rotatable bonds is 6. The maximum atomic E-state index is 12.1. The molecule has 1 atom stereocenters. The summed E-state index contributed by atoms with van der Waals surface area (Å²) in [6.07, 6.45) is 6.02. The number of hydrogen-bond acceptors (Lipinski definition) is 4. The predicted molar refractivity (Wildman–Crippen MR) is 95.3 cm³/mol. The first-order chi connectivity index (χ1) is 11.7. The molecule has 0 aliphatic heterocycles. The zero-order valence-electron chi connectivity index (χ0n) is 13.4. The zero-order chi connectivity index (χ0) is 16.5. The van der Waals surface area contributed by atoms with Gasteiger partial charge in [0.2, 0.25) is 0 Å². The van der Waals surface area contributed by atoms with Crippen LogP contribution in [0.1, 0.15) is 19.8 Å². The molecule has 0 saturated heterocycles. The van der Waals surface area contributed by atoms with Crippen LogP contribution >= 0.6 is 11.3 Å². The smallest absolute Gasteiger partial charge is 0.253 e. The number of amides is 1. The lowest BCUT2D eigenvalue weighted by atomic mass is 10.1. The topological polar surface area (TPSA) is 55.6 Å². The van der Waals surface area contributed by atoms with Crippen molar-refractivity contribution in [1.82, 2.24) is 9.38 Å². The number of nitrogens with zero attached hydrogens (tertiary/aromatic N) is 2. The number of nitrogens with one attached hydrogen (secondary N) is 1. The van der Waals surface area contributed by atoms with E-state index in [-0.39, 0.29) is 5.91 Å². The van der Waals surface area contributed by atoms with Gasteiger partial charge in [-0.25, -0.2) is 4.98 Å². The fraction of sp³-hybridized carbons (Fsp3) is 0.333. The van der Waals surface area contributed by atoms with E-state index in [0.29, 0.717) is 12.5 Å². The van der Waals surface area contributed by atoms with E-state index in [0.717, 1.165) is 21.9 Å². The Kier molecular flexibility index (Phi) is 4.08. The van der Waals surface area contributed by atoms with E-state index in [1.54, 1.807) is 18.3 Å². The molecule has 1 saturated carbocycles. The van der Waals surface area contributed by atoms with Gasteiger partial charge in [0.25, 0.3) is 5.91 Å². The quantitative estimate of drug-likeness (QED) is 0.741. The van der Waals surface area contributed by atoms with E-state index in [1.807, 2.05) is 46.4 Å². The van der Waals surface area contributed by atoms with Crippen molar-refractivity contribution in [2.45, 2.75) is 25.9 Å². The van der Waals surface area contributed by atoms with Gasteiger partial charge in [0.15, 0.2) is 4.96 Å². The van der Waals surface area contributed by atoms with Crippen LogP contribution in [0.25, 0.3) is 16.2 Å². The average molecular weight is 341 g/mol. The van der Waals surface area contributed by atoms with E-state index in [1.165, 1.54) is 12.8 Å². The Morgan fingerprint density at radius 2 is 2.21 bits per heavy atom. The van der Waals surface area contributed by atoms with E-state index in [2.05, 4.69) is 10.3 Å². The third kappa shape index (κ3) is 3.34. The highest BCUT2D eigenvalue weighted by Gasteiger charge is 2.24. The molecular formula is C18H19N3O2S. The van der Waals surface area contributed by atoms with Gasteiger partial charge >= 0.3 is 0 Å². The molecule has 2 aromatic heterocycles. The number of carbonyl (C=O) groups excluding carboxylic acids is 1. The van der Waals surface area contributed by atoms with Gasteiger partial charge < -0.3 is 10.1 Å². The fourth-order valence-electron chi connectivity index (χ4n) is 2.48. The molecule has 4 rings (SSSR count). The number of fused-ring (bicyclic) bond motifs is 1. The fourth-order valence-corrected chi connectivity index (χ4v) is 3.18. The molecular weight excluding hydrogens is 322 g/mol. The van der Waals surface area contributed by atoms with E-state index in [4.69, 9.17) is 4.74 Å². The minimum absolute atomic E-state index is 0.106. The minimum Gasteiger partial charge on any atom is -0.368 e. The Morgan fingerprint density at radius 1 is 1.42 bits per heavy atom. The molecule has 0 radical (unpaired) electrons. The molecule has 0 unspecified atom stereocenters. The Balaban J connectivity index is 1.39. The summed E-state index contributed by atoms with van der Waals surface area (Å²) in [7, 11) is 0. The first-order valence-electron chi connectivity index (χ1n) is 8.14. The summed E-state index contributed by atoms with van der Waals surface area (Å²) < 4.78 is 7.60. The van der Waals surface area contributed by atoms with Crippen molar-refractivity contribution in [1.29, 1.82) is 0 Å². The van der Waals surface area contributed by atoms with Crippen LogP contribution in [-0.4, -0.2) is 28.0 Å². The van der Waals surface area contributed by atoms with Crippen LogP contribution in [0.3, 0.4) is 0 Å². The van der Waals surface area contributed by atoms with Gasteiger partial charge in [-0.1, -0.05) is 12.1 Å². The lowest BCUT2D eigenvalue weighted by Crippen LogP contribution is -2.28. The van der Waals surface area contributed by atoms with E-state index < -0.39 is 6.10 Å².